The molecule has 3 nitrogen and oxygen atoms in total. The van der Waals surface area contributed by atoms with Crippen molar-refractivity contribution >= 4 is 5.69 Å². The molecule has 0 heterocycles. The Balaban J connectivity index is 2.62. The zero-order chi connectivity index (χ0) is 9.68. The molecule has 1 unspecified atom stereocenters. The molecular weight excluding hydrogens is 164 g/mol. The highest BCUT2D eigenvalue weighted by molar-refractivity contribution is 5.45. The third-order valence-electron chi connectivity index (χ3n) is 1.94. The molecule has 72 valence electrons. The number of para-hydroxylation sites is 1. The highest BCUT2D eigenvalue weighted by Crippen LogP contribution is 2.11. The van der Waals surface area contributed by atoms with E-state index in [1.165, 1.54) is 0 Å². The summed E-state index contributed by atoms with van der Waals surface area (Å²) >= 11 is 0. The number of benzene rings is 1. The molecule has 0 aromatic heterocycles. The van der Waals surface area contributed by atoms with Crippen molar-refractivity contribution in [3.05, 3.63) is 30.3 Å². The van der Waals surface area contributed by atoms with Gasteiger partial charge in [-0.1, -0.05) is 18.2 Å². The summed E-state index contributed by atoms with van der Waals surface area (Å²) in [5.41, 5.74) is 1.01. The van der Waals surface area contributed by atoms with E-state index < -0.39 is 0 Å². The van der Waals surface area contributed by atoms with E-state index in [2.05, 4.69) is 0 Å². The maximum absolute atomic E-state index is 5.88. The van der Waals surface area contributed by atoms with E-state index in [1.54, 1.807) is 12.1 Å². The molecule has 1 aromatic rings. The zero-order valence-corrected chi connectivity index (χ0v) is 8.10. The predicted octanol–water partition coefficient (Wildman–Crippen LogP) is 1.40. The van der Waals surface area contributed by atoms with Crippen molar-refractivity contribution in [3.8, 4) is 0 Å². The highest BCUT2D eigenvalue weighted by Gasteiger charge is 2.08. The summed E-state index contributed by atoms with van der Waals surface area (Å²) in [4.78, 5) is 0. The third kappa shape index (κ3) is 2.72. The fourth-order valence-electron chi connectivity index (χ4n) is 1.18. The van der Waals surface area contributed by atoms with E-state index in [-0.39, 0.29) is 6.04 Å². The maximum atomic E-state index is 5.88. The molecule has 0 fully saturated rings. The van der Waals surface area contributed by atoms with Gasteiger partial charge in [0.05, 0.1) is 18.3 Å². The second-order valence-corrected chi connectivity index (χ2v) is 3.05. The minimum absolute atomic E-state index is 0.187. The number of methoxy groups -OCH3 is 1. The molecule has 0 amide bonds. The molecule has 2 N–H and O–H groups in total. The molecule has 0 saturated carbocycles. The molecule has 0 bridgehead atoms. The van der Waals surface area contributed by atoms with Crippen LogP contribution < -0.4 is 10.9 Å². The average Bonchev–Trinajstić information content (AvgIpc) is 2.18. The Morgan fingerprint density at radius 2 is 2.00 bits per heavy atom. The van der Waals surface area contributed by atoms with Crippen LogP contribution in [0.4, 0.5) is 5.69 Å². The predicted molar refractivity (Wildman–Crippen MR) is 54.4 cm³/mol. The van der Waals surface area contributed by atoms with Gasteiger partial charge in [-0.15, -0.1) is 0 Å². The summed E-state index contributed by atoms with van der Waals surface area (Å²) < 4.78 is 5.02. The summed E-state index contributed by atoms with van der Waals surface area (Å²) in [5, 5.41) is 1.71. The van der Waals surface area contributed by atoms with Gasteiger partial charge in [-0.3, -0.25) is 0 Å². The van der Waals surface area contributed by atoms with Crippen molar-refractivity contribution in [2.75, 3.05) is 18.7 Å². The number of hydrogen-bond donors (Lipinski definition) is 1. The van der Waals surface area contributed by atoms with Gasteiger partial charge in [0.1, 0.15) is 0 Å². The Hall–Kier alpha value is -1.06. The van der Waals surface area contributed by atoms with Crippen LogP contribution in [0.1, 0.15) is 6.92 Å². The molecule has 3 heteroatoms. The molecule has 0 spiro atoms. The van der Waals surface area contributed by atoms with Crippen LogP contribution in [0, 0.1) is 0 Å². The summed E-state index contributed by atoms with van der Waals surface area (Å²) in [7, 11) is 1.68. The fourth-order valence-corrected chi connectivity index (χ4v) is 1.18. The quantitative estimate of drug-likeness (QED) is 0.562. The van der Waals surface area contributed by atoms with Crippen LogP contribution >= 0.6 is 0 Å². The first-order chi connectivity index (χ1) is 6.25. The lowest BCUT2D eigenvalue weighted by molar-refractivity contribution is 0.181. The number of rotatable bonds is 4. The lowest BCUT2D eigenvalue weighted by Gasteiger charge is -2.25. The Morgan fingerprint density at radius 1 is 1.38 bits per heavy atom. The topological polar surface area (TPSA) is 38.5 Å². The van der Waals surface area contributed by atoms with Crippen molar-refractivity contribution in [2.24, 2.45) is 5.84 Å². The van der Waals surface area contributed by atoms with E-state index in [9.17, 15) is 0 Å². The third-order valence-corrected chi connectivity index (χ3v) is 1.94. The van der Waals surface area contributed by atoms with Gasteiger partial charge in [0, 0.05) is 7.11 Å². The zero-order valence-electron chi connectivity index (χ0n) is 8.10. The molecular formula is C10H16N2O. The van der Waals surface area contributed by atoms with Gasteiger partial charge in [0.2, 0.25) is 0 Å². The number of ether oxygens (including phenoxy) is 1. The van der Waals surface area contributed by atoms with E-state index in [1.807, 2.05) is 37.3 Å². The number of nitrogens with two attached hydrogens (primary N) is 1. The number of nitrogens with zero attached hydrogens (tertiary/aromatic N) is 1. The van der Waals surface area contributed by atoms with Crippen LogP contribution in [0.2, 0.25) is 0 Å². The van der Waals surface area contributed by atoms with E-state index in [0.717, 1.165) is 5.69 Å². The van der Waals surface area contributed by atoms with Crippen molar-refractivity contribution in [1.29, 1.82) is 0 Å². The van der Waals surface area contributed by atoms with Gasteiger partial charge in [-0.2, -0.15) is 0 Å². The Morgan fingerprint density at radius 3 is 2.54 bits per heavy atom. The number of anilines is 1. The van der Waals surface area contributed by atoms with Crippen molar-refractivity contribution < 1.29 is 4.74 Å². The standard InChI is InChI=1S/C10H16N2O/c1-9(8-13-2)12(11)10-6-4-3-5-7-10/h3-7,9H,8,11H2,1-2H3. The van der Waals surface area contributed by atoms with Gasteiger partial charge < -0.3 is 9.75 Å². The highest BCUT2D eigenvalue weighted by atomic mass is 16.5. The largest absolute Gasteiger partial charge is 0.382 e. The summed E-state index contributed by atoms with van der Waals surface area (Å²) in [6.07, 6.45) is 0. The Kier molecular flexibility index (Phi) is 3.73. The van der Waals surface area contributed by atoms with E-state index in [4.69, 9.17) is 10.6 Å². The minimum atomic E-state index is 0.187. The first kappa shape index (κ1) is 10.0. The van der Waals surface area contributed by atoms with Gasteiger partial charge in [-0.25, -0.2) is 5.84 Å². The van der Waals surface area contributed by atoms with Crippen molar-refractivity contribution in [2.45, 2.75) is 13.0 Å². The molecule has 1 aromatic carbocycles. The van der Waals surface area contributed by atoms with Gasteiger partial charge in [0.25, 0.3) is 0 Å². The van der Waals surface area contributed by atoms with Crippen molar-refractivity contribution in [1.82, 2.24) is 0 Å². The van der Waals surface area contributed by atoms with Crippen LogP contribution in [0.3, 0.4) is 0 Å². The van der Waals surface area contributed by atoms with Crippen LogP contribution in [0.15, 0.2) is 30.3 Å². The molecule has 0 aliphatic heterocycles. The monoisotopic (exact) mass is 180 g/mol. The molecule has 1 atom stereocenters. The smallest absolute Gasteiger partial charge is 0.0679 e. The molecule has 0 saturated heterocycles. The summed E-state index contributed by atoms with van der Waals surface area (Å²) in [5.74, 6) is 5.88. The second kappa shape index (κ2) is 4.84. The molecule has 0 aliphatic carbocycles. The van der Waals surface area contributed by atoms with Gasteiger partial charge in [-0.05, 0) is 19.1 Å². The Labute approximate surface area is 79.1 Å². The number of hydrogen-bond acceptors (Lipinski definition) is 3. The fraction of sp³-hybridized carbons (Fsp3) is 0.400. The van der Waals surface area contributed by atoms with Crippen molar-refractivity contribution in [3.63, 3.8) is 0 Å². The van der Waals surface area contributed by atoms with Crippen LogP contribution in [0.5, 0.6) is 0 Å². The molecule has 1 rings (SSSR count). The van der Waals surface area contributed by atoms with E-state index >= 15 is 0 Å². The lowest BCUT2D eigenvalue weighted by atomic mass is 10.2. The summed E-state index contributed by atoms with van der Waals surface area (Å²) in [6, 6.07) is 10.0. The second-order valence-electron chi connectivity index (χ2n) is 3.05. The molecule has 0 radical (unpaired) electrons. The number of hydrazine groups is 1. The lowest BCUT2D eigenvalue weighted by Crippen LogP contribution is -2.41. The van der Waals surface area contributed by atoms with Crippen LogP contribution in [0.25, 0.3) is 0 Å². The van der Waals surface area contributed by atoms with Gasteiger partial charge in [0.15, 0.2) is 0 Å². The molecule has 0 aliphatic rings. The maximum Gasteiger partial charge on any atom is 0.0679 e. The average molecular weight is 180 g/mol. The normalized spacial score (nSPS) is 12.5. The minimum Gasteiger partial charge on any atom is -0.382 e. The molecule has 13 heavy (non-hydrogen) atoms. The van der Waals surface area contributed by atoms with Crippen LogP contribution in [-0.4, -0.2) is 19.8 Å². The Bertz CT molecular complexity index is 238. The first-order valence-electron chi connectivity index (χ1n) is 4.33. The summed E-state index contributed by atoms with van der Waals surface area (Å²) in [6.45, 7) is 2.65. The van der Waals surface area contributed by atoms with Crippen LogP contribution in [-0.2, 0) is 4.74 Å². The SMILES string of the molecule is COCC(C)N(N)c1ccccc1. The van der Waals surface area contributed by atoms with Gasteiger partial charge >= 0.3 is 0 Å². The van der Waals surface area contributed by atoms with E-state index in [0.29, 0.717) is 6.61 Å². The first-order valence-corrected chi connectivity index (χ1v) is 4.33.